The second-order valence-corrected chi connectivity index (χ2v) is 17.3. The van der Waals surface area contributed by atoms with Crippen molar-refractivity contribution in [1.82, 2.24) is 0 Å². The Morgan fingerprint density at radius 2 is 0.300 bits per heavy atom. The molecule has 0 aromatic heterocycles. The summed E-state index contributed by atoms with van der Waals surface area (Å²) in [5.74, 6) is -162. The summed E-state index contributed by atoms with van der Waals surface area (Å²) in [4.78, 5) is 0. The molecule has 0 spiro atoms. The predicted molar refractivity (Wildman–Crippen MR) is 155 cm³/mol. The summed E-state index contributed by atoms with van der Waals surface area (Å²) in [7, 11) is 0. The fourth-order valence-corrected chi connectivity index (χ4v) is 6.39. The van der Waals surface area contributed by atoms with Gasteiger partial charge in [0.1, 0.15) is 0 Å². The molecular weight excluding hydrogens is 1360 g/mol. The largest absolute Gasteiger partial charge is 0.460 e. The number of hydrogen-bond donors (Lipinski definition) is 0. The Kier molecular flexibility index (Phi) is 17.7. The van der Waals surface area contributed by atoms with Gasteiger partial charge < -0.3 is 0 Å². The zero-order chi connectivity index (χ0) is 58.0. The smallest absolute Gasteiger partial charge is 0.200 e. The first-order chi connectivity index (χ1) is 29.5. The third-order valence-corrected chi connectivity index (χ3v) is 11.0. The van der Waals surface area contributed by atoms with Gasteiger partial charge in [0, 0.05) is 20.7 Å². The molecule has 0 bridgehead atoms. The molecule has 0 aliphatic heterocycles. The SMILES string of the molecule is FC(F)(F)C(F)(F)C(F)(F)C(F)(F)C(F)(F)C(F)(F)C(F)(F)C(F)(F)C(F)(F)C(F)(F)CC(I)CCC(I)CC(F)(F)C(F)(F)C(F)(F)C(F)(F)C(F)(F)C(F)(F)C(F)(F)C(F)(F)C(F)(F)C(F)(F)F. The molecule has 44 heteroatoms. The van der Waals surface area contributed by atoms with Gasteiger partial charge >= 0.3 is 119 Å². The zero-order valence-corrected chi connectivity index (χ0v) is 34.9. The molecule has 0 amide bonds. The first-order valence-corrected chi connectivity index (χ1v) is 18.2. The lowest BCUT2D eigenvalue weighted by Gasteiger charge is -2.44. The van der Waals surface area contributed by atoms with Gasteiger partial charge in [-0.25, -0.2) is 0 Å². The molecule has 70 heavy (non-hydrogen) atoms. The van der Waals surface area contributed by atoms with Gasteiger partial charge in [-0.05, 0) is 12.8 Å². The minimum absolute atomic E-state index is 0.0690. The fraction of sp³-hybridized carbons (Fsp3) is 1.00. The molecule has 0 heterocycles. The molecule has 0 radical (unpaired) electrons. The summed E-state index contributed by atoms with van der Waals surface area (Å²) in [6, 6.07) is 0. The standard InChI is InChI=1S/C26H10F42I2/c27-7(28,9(31,32)11(35,36)13(39,40)15(43,44)17(47,48)19(51,52)21(55,56)23(59,60)25(63,64)65)3-5(69)1-2-6(70)4-8(29,30)10(33,34)12(37,38)14(41,42)16(45,46)18(49,50)20(53,54)22(57,58)24(61,62)26(66,67)68/h5-6H,1-4H2. The van der Waals surface area contributed by atoms with Crippen LogP contribution in [0.3, 0.4) is 0 Å². The molecule has 0 rings (SSSR count). The third-order valence-electron chi connectivity index (χ3n) is 8.90. The minimum Gasteiger partial charge on any atom is -0.200 e. The summed E-state index contributed by atoms with van der Waals surface area (Å²) >= 11 is 0.138. The van der Waals surface area contributed by atoms with E-state index in [0.717, 1.165) is 0 Å². The highest BCUT2D eigenvalue weighted by molar-refractivity contribution is 14.1. The van der Waals surface area contributed by atoms with Gasteiger partial charge in [-0.3, -0.25) is 0 Å². The van der Waals surface area contributed by atoms with Crippen LogP contribution in [0, 0.1) is 0 Å². The van der Waals surface area contributed by atoms with Gasteiger partial charge in [0.15, 0.2) is 0 Å². The molecule has 0 saturated carbocycles. The molecule has 0 saturated heterocycles. The van der Waals surface area contributed by atoms with Crippen LogP contribution in [0.25, 0.3) is 0 Å². The summed E-state index contributed by atoms with van der Waals surface area (Å²) in [6.07, 6.45) is -27.6. The van der Waals surface area contributed by atoms with Crippen molar-refractivity contribution in [2.45, 2.75) is 152 Å². The Bertz CT molecular complexity index is 1680. The highest BCUT2D eigenvalue weighted by Gasteiger charge is 3.00. The minimum atomic E-state index is -9.59. The number of halogens is 44. The van der Waals surface area contributed by atoms with E-state index in [0.29, 0.717) is 0 Å². The predicted octanol–water partition coefficient (Wildman–Crippen LogP) is 16.7. The van der Waals surface area contributed by atoms with Gasteiger partial charge in [0.2, 0.25) is 0 Å². The number of rotatable bonds is 23. The van der Waals surface area contributed by atoms with E-state index in [1.165, 1.54) is 0 Å². The van der Waals surface area contributed by atoms with Crippen molar-refractivity contribution in [3.05, 3.63) is 0 Å². The Morgan fingerprint density at radius 3 is 0.429 bits per heavy atom. The van der Waals surface area contributed by atoms with E-state index in [9.17, 15) is 184 Å². The first-order valence-electron chi connectivity index (χ1n) is 15.7. The van der Waals surface area contributed by atoms with Gasteiger partial charge in [-0.1, -0.05) is 45.2 Å². The van der Waals surface area contributed by atoms with Crippen molar-refractivity contribution in [3.8, 4) is 0 Å². The van der Waals surface area contributed by atoms with Crippen molar-refractivity contribution >= 4 is 45.2 Å². The molecule has 0 nitrogen and oxygen atoms in total. The molecule has 0 aliphatic carbocycles. The quantitative estimate of drug-likeness (QED) is 0.0543. The lowest BCUT2D eigenvalue weighted by molar-refractivity contribution is -0.474. The van der Waals surface area contributed by atoms with Crippen molar-refractivity contribution in [2.24, 2.45) is 0 Å². The second-order valence-electron chi connectivity index (χ2n) is 13.8. The maximum Gasteiger partial charge on any atom is 0.460 e. The number of hydrogen-bond acceptors (Lipinski definition) is 0. The monoisotopic (exact) mass is 1370 g/mol. The second kappa shape index (κ2) is 18.1. The molecule has 0 fully saturated rings. The fourth-order valence-electron chi connectivity index (χ4n) is 4.56. The van der Waals surface area contributed by atoms with E-state index in [-0.39, 0.29) is 45.2 Å². The van der Waals surface area contributed by atoms with Crippen molar-refractivity contribution < 1.29 is 184 Å². The summed E-state index contributed by atoms with van der Waals surface area (Å²) in [6.45, 7) is 0. The Labute approximate surface area is 381 Å². The Hall–Kier alpha value is -1.48. The average molecular weight is 1370 g/mol. The maximum atomic E-state index is 14.3. The van der Waals surface area contributed by atoms with E-state index in [2.05, 4.69) is 0 Å². The van der Waals surface area contributed by atoms with Crippen LogP contribution in [-0.4, -0.2) is 127 Å². The van der Waals surface area contributed by atoms with Crippen LogP contribution < -0.4 is 0 Å². The maximum absolute atomic E-state index is 14.3. The van der Waals surface area contributed by atoms with Gasteiger partial charge in [0.05, 0.1) is 0 Å². The highest BCUT2D eigenvalue weighted by Crippen LogP contribution is 2.69. The normalized spacial score (nSPS) is 17.8. The van der Waals surface area contributed by atoms with Gasteiger partial charge in [-0.15, -0.1) is 0 Å². The molecular formula is C26H10F42I2. The topological polar surface area (TPSA) is 0 Å². The van der Waals surface area contributed by atoms with E-state index in [1.807, 2.05) is 0 Å². The van der Waals surface area contributed by atoms with Crippen LogP contribution in [-0.2, 0) is 0 Å². The van der Waals surface area contributed by atoms with Crippen LogP contribution in [0.4, 0.5) is 184 Å². The molecule has 2 unspecified atom stereocenters. The summed E-state index contributed by atoms with van der Waals surface area (Å²) in [5, 5.41) is 0. The summed E-state index contributed by atoms with van der Waals surface area (Å²) < 4.78 is 564. The van der Waals surface area contributed by atoms with Crippen LogP contribution in [0.1, 0.15) is 25.7 Å². The van der Waals surface area contributed by atoms with Crippen molar-refractivity contribution in [1.29, 1.82) is 0 Å². The van der Waals surface area contributed by atoms with Crippen molar-refractivity contribution in [3.63, 3.8) is 0 Å². The lowest BCUT2D eigenvalue weighted by Crippen LogP contribution is -2.76. The van der Waals surface area contributed by atoms with E-state index < -0.39 is 152 Å². The molecule has 0 aromatic carbocycles. The Balaban J connectivity index is 6.80. The van der Waals surface area contributed by atoms with E-state index in [4.69, 9.17) is 0 Å². The summed E-state index contributed by atoms with van der Waals surface area (Å²) in [5.41, 5.74) is 0. The molecule has 2 atom stereocenters. The molecule has 422 valence electrons. The molecule has 0 N–H and O–H groups in total. The lowest BCUT2D eigenvalue weighted by atomic mass is 9.85. The van der Waals surface area contributed by atoms with Crippen LogP contribution in [0.2, 0.25) is 0 Å². The first kappa shape index (κ1) is 68.5. The Morgan fingerprint density at radius 1 is 0.186 bits per heavy atom. The third kappa shape index (κ3) is 9.27. The van der Waals surface area contributed by atoms with Crippen LogP contribution >= 0.6 is 45.2 Å². The molecule has 0 aliphatic rings. The molecule has 0 aromatic rings. The van der Waals surface area contributed by atoms with Gasteiger partial charge in [-0.2, -0.15) is 184 Å². The van der Waals surface area contributed by atoms with Crippen LogP contribution in [0.5, 0.6) is 0 Å². The highest BCUT2D eigenvalue weighted by atomic mass is 127. The average Bonchev–Trinajstić information content (AvgIpc) is 3.11. The zero-order valence-electron chi connectivity index (χ0n) is 30.6. The number of alkyl halides is 44. The van der Waals surface area contributed by atoms with Crippen molar-refractivity contribution in [2.75, 3.05) is 0 Å². The van der Waals surface area contributed by atoms with E-state index >= 15 is 0 Å². The van der Waals surface area contributed by atoms with Gasteiger partial charge in [0.25, 0.3) is 0 Å². The van der Waals surface area contributed by atoms with E-state index in [1.54, 1.807) is 0 Å². The van der Waals surface area contributed by atoms with Crippen LogP contribution in [0.15, 0.2) is 0 Å².